The first kappa shape index (κ1) is 16.9. The molecule has 2 unspecified atom stereocenters. The molecule has 2 aliphatic carbocycles. The van der Waals surface area contributed by atoms with Crippen molar-refractivity contribution in [3.63, 3.8) is 0 Å². The third-order valence-electron chi connectivity index (χ3n) is 7.32. The minimum Gasteiger partial charge on any atom is -0.396 e. The molecule has 132 valence electrons. The lowest BCUT2D eigenvalue weighted by molar-refractivity contribution is -0.0576. The molecule has 1 N–H and O–H groups in total. The molecule has 3 fully saturated rings. The first-order chi connectivity index (χ1) is 11.4. The average molecular weight is 349 g/mol. The molecule has 1 saturated heterocycles. The van der Waals surface area contributed by atoms with Gasteiger partial charge in [-0.15, -0.1) is 0 Å². The molecule has 24 heavy (non-hydrogen) atoms. The second kappa shape index (κ2) is 5.46. The van der Waals surface area contributed by atoms with Crippen LogP contribution in [-0.4, -0.2) is 22.9 Å². The summed E-state index contributed by atoms with van der Waals surface area (Å²) in [5.41, 5.74) is 1.10. The maximum Gasteiger partial charge on any atom is 0.111 e. The van der Waals surface area contributed by atoms with Crippen molar-refractivity contribution >= 4 is 11.6 Å². The van der Waals surface area contributed by atoms with Crippen molar-refractivity contribution in [1.82, 2.24) is 0 Å². The van der Waals surface area contributed by atoms with E-state index in [4.69, 9.17) is 16.3 Å². The van der Waals surface area contributed by atoms with E-state index >= 15 is 0 Å². The van der Waals surface area contributed by atoms with Gasteiger partial charge in [-0.25, -0.2) is 0 Å². The predicted octanol–water partition coefficient (Wildman–Crippen LogP) is 5.15. The molecule has 0 radical (unpaired) electrons. The molecule has 3 heteroatoms. The Bertz CT molecular complexity index is 617. The summed E-state index contributed by atoms with van der Waals surface area (Å²) >= 11 is 6.05. The number of epoxide rings is 1. The molecule has 4 rings (SSSR count). The van der Waals surface area contributed by atoms with Crippen LogP contribution >= 0.6 is 11.6 Å². The molecule has 3 aliphatic rings. The number of hydrogen-bond acceptors (Lipinski definition) is 2. The van der Waals surface area contributed by atoms with Crippen LogP contribution in [0.15, 0.2) is 24.3 Å². The third kappa shape index (κ3) is 2.09. The molecule has 1 aliphatic heterocycles. The molecule has 1 heterocycles. The van der Waals surface area contributed by atoms with Gasteiger partial charge < -0.3 is 9.84 Å². The molecule has 0 bridgehead atoms. The Morgan fingerprint density at radius 2 is 1.67 bits per heavy atom. The Hall–Kier alpha value is -0.570. The average Bonchev–Trinajstić information content (AvgIpc) is 3.21. The number of hydrogen-bond donors (Lipinski definition) is 1. The summed E-state index contributed by atoms with van der Waals surface area (Å²) in [6.45, 7) is 4.98. The van der Waals surface area contributed by atoms with E-state index in [9.17, 15) is 5.11 Å². The van der Waals surface area contributed by atoms with Crippen molar-refractivity contribution < 1.29 is 9.84 Å². The SMILES string of the molecule is CC1(C)CCC2(Cc3ccc(Cl)cc3)OC12C1(CO)CCCCC1. The van der Waals surface area contributed by atoms with Gasteiger partial charge in [0.25, 0.3) is 0 Å². The summed E-state index contributed by atoms with van der Waals surface area (Å²) in [5, 5.41) is 11.2. The molecule has 2 nitrogen and oxygen atoms in total. The van der Waals surface area contributed by atoms with Crippen LogP contribution in [0.5, 0.6) is 0 Å². The minimum atomic E-state index is -0.165. The van der Waals surface area contributed by atoms with Crippen molar-refractivity contribution in [3.05, 3.63) is 34.9 Å². The van der Waals surface area contributed by atoms with E-state index in [2.05, 4.69) is 26.0 Å². The molecule has 2 saturated carbocycles. The fourth-order valence-corrected chi connectivity index (χ4v) is 6.41. The zero-order valence-electron chi connectivity index (χ0n) is 14.9. The molecular formula is C21H29ClO2. The van der Waals surface area contributed by atoms with Crippen LogP contribution in [0.4, 0.5) is 0 Å². The number of benzene rings is 1. The van der Waals surface area contributed by atoms with E-state index in [1.807, 2.05) is 12.1 Å². The Balaban J connectivity index is 1.70. The Labute approximate surface area is 150 Å². The van der Waals surface area contributed by atoms with Crippen LogP contribution in [0.2, 0.25) is 5.02 Å². The molecule has 2 atom stereocenters. The van der Waals surface area contributed by atoms with Gasteiger partial charge in [0.1, 0.15) is 11.2 Å². The number of aliphatic hydroxyl groups is 1. The van der Waals surface area contributed by atoms with E-state index in [-0.39, 0.29) is 28.6 Å². The maximum absolute atomic E-state index is 10.4. The van der Waals surface area contributed by atoms with Crippen molar-refractivity contribution in [1.29, 1.82) is 0 Å². The monoisotopic (exact) mass is 348 g/mol. The van der Waals surface area contributed by atoms with Gasteiger partial charge >= 0.3 is 0 Å². The molecule has 0 spiro atoms. The van der Waals surface area contributed by atoms with Crippen LogP contribution in [-0.2, 0) is 11.2 Å². The van der Waals surface area contributed by atoms with E-state index in [0.717, 1.165) is 30.7 Å². The highest BCUT2D eigenvalue weighted by Crippen LogP contribution is 2.77. The lowest BCUT2D eigenvalue weighted by atomic mass is 9.56. The predicted molar refractivity (Wildman–Crippen MR) is 97.3 cm³/mol. The van der Waals surface area contributed by atoms with Gasteiger partial charge in [0.15, 0.2) is 0 Å². The maximum atomic E-state index is 10.4. The largest absolute Gasteiger partial charge is 0.396 e. The van der Waals surface area contributed by atoms with Crippen LogP contribution in [0.1, 0.15) is 64.4 Å². The van der Waals surface area contributed by atoms with Gasteiger partial charge in [-0.3, -0.25) is 0 Å². The van der Waals surface area contributed by atoms with E-state index in [1.54, 1.807) is 0 Å². The normalized spacial score (nSPS) is 36.3. The number of aliphatic hydroxyl groups excluding tert-OH is 1. The molecule has 0 aromatic heterocycles. The zero-order valence-corrected chi connectivity index (χ0v) is 15.7. The van der Waals surface area contributed by atoms with Crippen molar-refractivity contribution in [2.75, 3.05) is 6.61 Å². The number of ether oxygens (including phenoxy) is 1. The van der Waals surface area contributed by atoms with Gasteiger partial charge in [0, 0.05) is 16.9 Å². The first-order valence-corrected chi connectivity index (χ1v) is 9.84. The van der Waals surface area contributed by atoms with Gasteiger partial charge in [-0.2, -0.15) is 0 Å². The van der Waals surface area contributed by atoms with Gasteiger partial charge in [-0.1, -0.05) is 56.8 Å². The van der Waals surface area contributed by atoms with Gasteiger partial charge in [0.05, 0.1) is 6.61 Å². The molecule has 1 aromatic carbocycles. The van der Waals surface area contributed by atoms with Crippen molar-refractivity contribution in [2.24, 2.45) is 10.8 Å². The minimum absolute atomic E-state index is 0.0579. The zero-order chi connectivity index (χ0) is 17.1. The summed E-state index contributed by atoms with van der Waals surface area (Å²) in [4.78, 5) is 0. The molecular weight excluding hydrogens is 320 g/mol. The van der Waals surface area contributed by atoms with Gasteiger partial charge in [-0.05, 0) is 48.8 Å². The van der Waals surface area contributed by atoms with Crippen molar-refractivity contribution in [2.45, 2.75) is 76.4 Å². The van der Waals surface area contributed by atoms with Gasteiger partial charge in [0.2, 0.25) is 0 Å². The van der Waals surface area contributed by atoms with E-state index in [1.165, 1.54) is 31.2 Å². The van der Waals surface area contributed by atoms with E-state index in [0.29, 0.717) is 0 Å². The van der Waals surface area contributed by atoms with Crippen molar-refractivity contribution in [3.8, 4) is 0 Å². The number of halogens is 1. The highest BCUT2D eigenvalue weighted by molar-refractivity contribution is 6.30. The fourth-order valence-electron chi connectivity index (χ4n) is 6.28. The number of fused-ring (bicyclic) bond motifs is 1. The fraction of sp³-hybridized carbons (Fsp3) is 0.714. The van der Waals surface area contributed by atoms with Crippen LogP contribution in [0.3, 0.4) is 0 Å². The summed E-state index contributed by atoms with van der Waals surface area (Å²) in [6, 6.07) is 8.20. The highest BCUT2D eigenvalue weighted by atomic mass is 35.5. The Morgan fingerprint density at radius 3 is 2.29 bits per heavy atom. The quantitative estimate of drug-likeness (QED) is 0.763. The second-order valence-corrected chi connectivity index (χ2v) is 9.40. The molecule has 1 aromatic rings. The summed E-state index contributed by atoms with van der Waals surface area (Å²) in [7, 11) is 0. The Kier molecular flexibility index (Phi) is 3.84. The lowest BCUT2D eigenvalue weighted by Gasteiger charge is -2.47. The third-order valence-corrected chi connectivity index (χ3v) is 7.57. The second-order valence-electron chi connectivity index (χ2n) is 8.96. The van der Waals surface area contributed by atoms with E-state index < -0.39 is 0 Å². The van der Waals surface area contributed by atoms with Crippen LogP contribution in [0, 0.1) is 10.8 Å². The Morgan fingerprint density at radius 1 is 1.00 bits per heavy atom. The summed E-state index contributed by atoms with van der Waals surface area (Å²) < 4.78 is 6.72. The number of rotatable bonds is 4. The molecule has 0 amide bonds. The van der Waals surface area contributed by atoms with Crippen LogP contribution < -0.4 is 0 Å². The smallest absolute Gasteiger partial charge is 0.111 e. The highest BCUT2D eigenvalue weighted by Gasteiger charge is 2.85. The standard InChI is InChI=1S/C21H29ClO2/c1-18(2)12-13-20(14-16-6-8-17(22)9-7-16)21(18,24-20)19(15-23)10-4-3-5-11-19/h6-9,23H,3-5,10-15H2,1-2H3. The lowest BCUT2D eigenvalue weighted by Crippen LogP contribution is -2.53. The summed E-state index contributed by atoms with van der Waals surface area (Å²) in [5.74, 6) is 0. The topological polar surface area (TPSA) is 32.8 Å². The summed E-state index contributed by atoms with van der Waals surface area (Å²) in [6.07, 6.45) is 9.17. The van der Waals surface area contributed by atoms with Crippen LogP contribution in [0.25, 0.3) is 0 Å². The first-order valence-electron chi connectivity index (χ1n) is 9.46.